The average Bonchev–Trinajstić information content (AvgIpc) is 2.66. The van der Waals surface area contributed by atoms with E-state index in [9.17, 15) is 5.26 Å². The van der Waals surface area contributed by atoms with E-state index in [-0.39, 0.29) is 0 Å². The van der Waals surface area contributed by atoms with Gasteiger partial charge in [0.25, 0.3) is 0 Å². The minimum atomic E-state index is -0.550. The molecule has 0 radical (unpaired) electrons. The highest BCUT2D eigenvalue weighted by Crippen LogP contribution is 2.43. The Balaban J connectivity index is 2.73. The largest absolute Gasteiger partial charge is 0.493 e. The van der Waals surface area contributed by atoms with Gasteiger partial charge in [0, 0.05) is 5.56 Å². The van der Waals surface area contributed by atoms with Gasteiger partial charge >= 0.3 is 0 Å². The number of hydrogen-bond donors (Lipinski definition) is 0. The molecule has 0 aromatic heterocycles. The van der Waals surface area contributed by atoms with E-state index >= 15 is 0 Å². The van der Waals surface area contributed by atoms with Gasteiger partial charge < -0.3 is 4.74 Å². The van der Waals surface area contributed by atoms with Crippen molar-refractivity contribution in [3.63, 3.8) is 0 Å². The first-order chi connectivity index (χ1) is 9.60. The standard InChI is InChI=1S/C17H24N2O/c1-5-19(6-2)17(12-18)10-7-11-20-16-14(4)9-8-13(3)15(16)17/h8-9H,5-7,10-11H2,1-4H3. The third kappa shape index (κ3) is 2.19. The summed E-state index contributed by atoms with van der Waals surface area (Å²) in [4.78, 5) is 2.27. The number of nitrogens with zero attached hydrogens (tertiary/aromatic N) is 2. The summed E-state index contributed by atoms with van der Waals surface area (Å²) in [7, 11) is 0. The molecule has 1 unspecified atom stereocenters. The fourth-order valence-corrected chi connectivity index (χ4v) is 3.37. The molecule has 108 valence electrons. The van der Waals surface area contributed by atoms with Crippen LogP contribution in [0.3, 0.4) is 0 Å². The highest BCUT2D eigenvalue weighted by atomic mass is 16.5. The Morgan fingerprint density at radius 3 is 2.50 bits per heavy atom. The third-order valence-corrected chi connectivity index (χ3v) is 4.39. The first-order valence-electron chi connectivity index (χ1n) is 7.50. The van der Waals surface area contributed by atoms with Crippen molar-refractivity contribution < 1.29 is 4.74 Å². The molecule has 0 fully saturated rings. The van der Waals surface area contributed by atoms with Gasteiger partial charge in [0.15, 0.2) is 0 Å². The molecular formula is C17H24N2O. The molecule has 1 aliphatic heterocycles. The zero-order valence-electron chi connectivity index (χ0n) is 13.0. The van der Waals surface area contributed by atoms with E-state index in [0.717, 1.165) is 48.4 Å². The minimum Gasteiger partial charge on any atom is -0.493 e. The van der Waals surface area contributed by atoms with Crippen LogP contribution >= 0.6 is 0 Å². The smallest absolute Gasteiger partial charge is 0.138 e. The lowest BCUT2D eigenvalue weighted by Gasteiger charge is -2.38. The monoisotopic (exact) mass is 272 g/mol. The molecule has 1 aromatic carbocycles. The van der Waals surface area contributed by atoms with Crippen molar-refractivity contribution in [2.75, 3.05) is 19.7 Å². The molecule has 1 aromatic rings. The molecule has 3 heteroatoms. The van der Waals surface area contributed by atoms with Crippen molar-refractivity contribution in [2.45, 2.75) is 46.1 Å². The predicted octanol–water partition coefficient (Wildman–Crippen LogP) is 3.54. The van der Waals surface area contributed by atoms with E-state index in [2.05, 4.69) is 50.8 Å². The Morgan fingerprint density at radius 2 is 1.90 bits per heavy atom. The van der Waals surface area contributed by atoms with Gasteiger partial charge in [-0.25, -0.2) is 0 Å². The molecule has 0 bridgehead atoms. The van der Waals surface area contributed by atoms with Crippen LogP contribution < -0.4 is 4.74 Å². The van der Waals surface area contributed by atoms with Crippen molar-refractivity contribution in [1.29, 1.82) is 5.26 Å². The minimum absolute atomic E-state index is 0.550. The second kappa shape index (κ2) is 5.85. The Bertz CT molecular complexity index is 529. The van der Waals surface area contributed by atoms with Gasteiger partial charge in [0.1, 0.15) is 11.3 Å². The lowest BCUT2D eigenvalue weighted by Crippen LogP contribution is -2.45. The van der Waals surface area contributed by atoms with Crippen molar-refractivity contribution >= 4 is 0 Å². The predicted molar refractivity (Wildman–Crippen MR) is 80.9 cm³/mol. The molecular weight excluding hydrogens is 248 g/mol. The Labute approximate surface area is 122 Å². The molecule has 0 saturated heterocycles. The molecule has 0 aliphatic carbocycles. The van der Waals surface area contributed by atoms with E-state index in [1.54, 1.807) is 0 Å². The van der Waals surface area contributed by atoms with Crippen LogP contribution in [-0.4, -0.2) is 24.6 Å². The van der Waals surface area contributed by atoms with Gasteiger partial charge in [-0.05, 0) is 50.9 Å². The number of hydrogen-bond acceptors (Lipinski definition) is 3. The molecule has 1 atom stereocenters. The molecule has 3 nitrogen and oxygen atoms in total. The van der Waals surface area contributed by atoms with Crippen LogP contribution in [0, 0.1) is 25.2 Å². The van der Waals surface area contributed by atoms with Crippen LogP contribution in [-0.2, 0) is 5.54 Å². The molecule has 0 spiro atoms. The molecule has 20 heavy (non-hydrogen) atoms. The van der Waals surface area contributed by atoms with Crippen molar-refractivity contribution in [3.05, 3.63) is 28.8 Å². The highest BCUT2D eigenvalue weighted by Gasteiger charge is 2.42. The number of aryl methyl sites for hydroxylation is 2. The highest BCUT2D eigenvalue weighted by molar-refractivity contribution is 5.52. The molecule has 0 N–H and O–H groups in total. The Hall–Kier alpha value is -1.53. The second-order valence-corrected chi connectivity index (χ2v) is 5.50. The molecule has 0 amide bonds. The van der Waals surface area contributed by atoms with Gasteiger partial charge in [-0.15, -0.1) is 0 Å². The number of benzene rings is 1. The van der Waals surface area contributed by atoms with Crippen molar-refractivity contribution in [1.82, 2.24) is 4.90 Å². The van der Waals surface area contributed by atoms with E-state index < -0.39 is 5.54 Å². The van der Waals surface area contributed by atoms with Gasteiger partial charge in [-0.1, -0.05) is 26.0 Å². The van der Waals surface area contributed by atoms with Gasteiger partial charge in [-0.3, -0.25) is 4.90 Å². The van der Waals surface area contributed by atoms with Crippen molar-refractivity contribution in [2.24, 2.45) is 0 Å². The number of ether oxygens (including phenoxy) is 1. The SMILES string of the molecule is CCN(CC)C1(C#N)CCCOc2c(C)ccc(C)c21. The zero-order chi connectivity index (χ0) is 14.8. The maximum absolute atomic E-state index is 10.0. The van der Waals surface area contributed by atoms with Crippen LogP contribution in [0.5, 0.6) is 5.75 Å². The van der Waals surface area contributed by atoms with Crippen LogP contribution in [0.2, 0.25) is 0 Å². The summed E-state index contributed by atoms with van der Waals surface area (Å²) in [6.07, 6.45) is 1.75. The molecule has 1 aliphatic rings. The molecule has 0 saturated carbocycles. The van der Waals surface area contributed by atoms with E-state index in [4.69, 9.17) is 4.74 Å². The Morgan fingerprint density at radius 1 is 1.25 bits per heavy atom. The lowest BCUT2D eigenvalue weighted by atomic mass is 9.81. The Kier molecular flexibility index (Phi) is 4.35. The summed E-state index contributed by atoms with van der Waals surface area (Å²) in [5, 5.41) is 10.0. The summed E-state index contributed by atoms with van der Waals surface area (Å²) in [5.74, 6) is 0.927. The number of fused-ring (bicyclic) bond motifs is 1. The fourth-order valence-electron chi connectivity index (χ4n) is 3.37. The van der Waals surface area contributed by atoms with Gasteiger partial charge in [0.05, 0.1) is 12.7 Å². The number of nitriles is 1. The van der Waals surface area contributed by atoms with E-state index in [0.29, 0.717) is 6.61 Å². The van der Waals surface area contributed by atoms with Crippen LogP contribution in [0.4, 0.5) is 0 Å². The summed E-state index contributed by atoms with van der Waals surface area (Å²) >= 11 is 0. The average molecular weight is 272 g/mol. The summed E-state index contributed by atoms with van der Waals surface area (Å²) in [6.45, 7) is 10.8. The maximum atomic E-state index is 10.0. The normalized spacial score (nSPS) is 21.8. The van der Waals surface area contributed by atoms with Crippen molar-refractivity contribution in [3.8, 4) is 11.8 Å². The maximum Gasteiger partial charge on any atom is 0.138 e. The van der Waals surface area contributed by atoms with Gasteiger partial charge in [-0.2, -0.15) is 5.26 Å². The summed E-state index contributed by atoms with van der Waals surface area (Å²) < 4.78 is 5.98. The fraction of sp³-hybridized carbons (Fsp3) is 0.588. The number of rotatable bonds is 3. The quantitative estimate of drug-likeness (QED) is 0.844. The van der Waals surface area contributed by atoms with Gasteiger partial charge in [0.2, 0.25) is 0 Å². The third-order valence-electron chi connectivity index (χ3n) is 4.39. The van der Waals surface area contributed by atoms with Crippen LogP contribution in [0.25, 0.3) is 0 Å². The summed E-state index contributed by atoms with van der Waals surface area (Å²) in [6, 6.07) is 6.83. The molecule has 2 rings (SSSR count). The summed E-state index contributed by atoms with van der Waals surface area (Å²) in [5.41, 5.74) is 2.81. The van der Waals surface area contributed by atoms with Crippen LogP contribution in [0.1, 0.15) is 43.4 Å². The molecule has 1 heterocycles. The second-order valence-electron chi connectivity index (χ2n) is 5.50. The first-order valence-corrected chi connectivity index (χ1v) is 7.50. The van der Waals surface area contributed by atoms with E-state index in [1.165, 1.54) is 0 Å². The van der Waals surface area contributed by atoms with E-state index in [1.807, 2.05) is 0 Å². The van der Waals surface area contributed by atoms with Crippen LogP contribution in [0.15, 0.2) is 12.1 Å². The first kappa shape index (κ1) is 14.9. The zero-order valence-corrected chi connectivity index (χ0v) is 13.0. The lowest BCUT2D eigenvalue weighted by molar-refractivity contribution is 0.141. The topological polar surface area (TPSA) is 36.3 Å².